The molecule has 25 heavy (non-hydrogen) atoms. The van der Waals surface area contributed by atoms with Crippen LogP contribution in [0.25, 0.3) is 10.8 Å². The van der Waals surface area contributed by atoms with E-state index in [-0.39, 0.29) is 5.91 Å². The number of hydrogen-bond acceptors (Lipinski definition) is 5. The quantitative estimate of drug-likeness (QED) is 0.903. The molecule has 0 aliphatic carbocycles. The van der Waals surface area contributed by atoms with Gasteiger partial charge in [0.05, 0.1) is 0 Å². The van der Waals surface area contributed by atoms with Crippen LogP contribution in [0, 0.1) is 5.92 Å². The number of carbonyl (C=O) groups excluding carboxylic acids is 1. The average molecular weight is 341 g/mol. The molecule has 0 saturated carbocycles. The van der Waals surface area contributed by atoms with Crippen LogP contribution in [0.2, 0.25) is 0 Å². The number of benzene rings is 1. The molecule has 0 radical (unpaired) electrons. The van der Waals surface area contributed by atoms with Gasteiger partial charge in [-0.3, -0.25) is 4.79 Å². The molecule has 0 atom stereocenters. The number of nitrogens with zero attached hydrogens (tertiary/aromatic N) is 4. The van der Waals surface area contributed by atoms with E-state index in [1.807, 2.05) is 43.3 Å². The highest BCUT2D eigenvalue weighted by Gasteiger charge is 2.21. The van der Waals surface area contributed by atoms with Crippen molar-refractivity contribution in [2.24, 2.45) is 5.92 Å². The number of piperidine rings is 1. The molecule has 3 rings (SSSR count). The van der Waals surface area contributed by atoms with Crippen LogP contribution in [0.3, 0.4) is 0 Å². The summed E-state index contributed by atoms with van der Waals surface area (Å²) >= 11 is 0. The van der Waals surface area contributed by atoms with Crippen LogP contribution in [0.15, 0.2) is 24.3 Å². The summed E-state index contributed by atoms with van der Waals surface area (Å²) in [6.45, 7) is 5.67. The van der Waals surface area contributed by atoms with Crippen LogP contribution in [0.5, 0.6) is 0 Å². The zero-order chi connectivity index (χ0) is 17.8. The molecule has 1 aliphatic rings. The van der Waals surface area contributed by atoms with E-state index >= 15 is 0 Å². The molecule has 0 unspecified atom stereocenters. The van der Waals surface area contributed by atoms with Gasteiger partial charge >= 0.3 is 0 Å². The van der Waals surface area contributed by atoms with Crippen LogP contribution in [-0.4, -0.2) is 61.3 Å². The summed E-state index contributed by atoms with van der Waals surface area (Å²) in [6.07, 6.45) is 2.34. The molecule has 0 bridgehead atoms. The van der Waals surface area contributed by atoms with Gasteiger partial charge in [-0.2, -0.15) is 0 Å². The minimum atomic E-state index is -0.163. The van der Waals surface area contributed by atoms with E-state index in [0.717, 1.165) is 42.1 Å². The molecule has 1 saturated heterocycles. The zero-order valence-electron chi connectivity index (χ0n) is 15.3. The number of carbonyl (C=O) groups is 1. The van der Waals surface area contributed by atoms with Crippen molar-refractivity contribution in [1.29, 1.82) is 0 Å². The van der Waals surface area contributed by atoms with Gasteiger partial charge in [-0.05, 0) is 32.9 Å². The highest BCUT2D eigenvalue weighted by molar-refractivity contribution is 6.07. The van der Waals surface area contributed by atoms with Crippen molar-refractivity contribution in [3.05, 3.63) is 30.0 Å². The molecule has 1 fully saturated rings. The average Bonchev–Trinajstić information content (AvgIpc) is 2.61. The van der Waals surface area contributed by atoms with Gasteiger partial charge in [0.1, 0.15) is 0 Å². The molecule has 1 aromatic carbocycles. The third-order valence-corrected chi connectivity index (χ3v) is 4.81. The van der Waals surface area contributed by atoms with E-state index in [4.69, 9.17) is 0 Å². The van der Waals surface area contributed by atoms with E-state index < -0.39 is 0 Å². The molecular formula is C19H27N5O. The standard InChI is InChI=1S/C19H27N5O/c1-14-8-11-24(12-9-14)18-16-7-5-4-6-15(16)17(21-22-18)19(25)20-10-13-23(2)3/h4-7,14H,8-13H2,1-3H3,(H,20,25). The summed E-state index contributed by atoms with van der Waals surface area (Å²) in [5, 5.41) is 13.5. The number of nitrogens with one attached hydrogen (secondary N) is 1. The molecule has 1 amide bonds. The number of rotatable bonds is 5. The fourth-order valence-electron chi connectivity index (χ4n) is 3.19. The Kier molecular flexibility index (Phi) is 5.48. The Morgan fingerprint density at radius 1 is 1.20 bits per heavy atom. The first-order valence-electron chi connectivity index (χ1n) is 8.99. The Morgan fingerprint density at radius 3 is 2.56 bits per heavy atom. The monoisotopic (exact) mass is 341 g/mol. The zero-order valence-corrected chi connectivity index (χ0v) is 15.3. The Bertz CT molecular complexity index is 738. The summed E-state index contributed by atoms with van der Waals surface area (Å²) < 4.78 is 0. The molecule has 2 heterocycles. The molecule has 1 N–H and O–H groups in total. The number of hydrogen-bond donors (Lipinski definition) is 1. The maximum atomic E-state index is 12.5. The normalized spacial score (nSPS) is 15.8. The Morgan fingerprint density at radius 2 is 1.88 bits per heavy atom. The van der Waals surface area contributed by atoms with Crippen molar-refractivity contribution in [1.82, 2.24) is 20.4 Å². The molecule has 0 spiro atoms. The van der Waals surface area contributed by atoms with Gasteiger partial charge in [-0.1, -0.05) is 31.2 Å². The molecular weight excluding hydrogens is 314 g/mol. The lowest BCUT2D eigenvalue weighted by molar-refractivity contribution is 0.0947. The molecule has 134 valence electrons. The third-order valence-electron chi connectivity index (χ3n) is 4.81. The lowest BCUT2D eigenvalue weighted by atomic mass is 9.99. The summed E-state index contributed by atoms with van der Waals surface area (Å²) in [7, 11) is 3.96. The van der Waals surface area contributed by atoms with Crippen LogP contribution >= 0.6 is 0 Å². The Labute approximate surface area is 149 Å². The number of aromatic nitrogens is 2. The molecule has 1 aliphatic heterocycles. The van der Waals surface area contributed by atoms with E-state index in [2.05, 4.69) is 27.3 Å². The van der Waals surface area contributed by atoms with Crippen molar-refractivity contribution in [3.63, 3.8) is 0 Å². The number of amides is 1. The van der Waals surface area contributed by atoms with Gasteiger partial charge in [0, 0.05) is 37.0 Å². The van der Waals surface area contributed by atoms with Gasteiger partial charge in [0.25, 0.3) is 5.91 Å². The molecule has 6 nitrogen and oxygen atoms in total. The Hall–Kier alpha value is -2.21. The number of anilines is 1. The second-order valence-corrected chi connectivity index (χ2v) is 7.15. The number of likely N-dealkylation sites (N-methyl/N-ethyl adjacent to an activating group) is 1. The lowest BCUT2D eigenvalue weighted by Crippen LogP contribution is -2.34. The highest BCUT2D eigenvalue weighted by Crippen LogP contribution is 2.29. The minimum absolute atomic E-state index is 0.163. The van der Waals surface area contributed by atoms with Crippen LogP contribution in [0.1, 0.15) is 30.3 Å². The van der Waals surface area contributed by atoms with Crippen LogP contribution < -0.4 is 10.2 Å². The van der Waals surface area contributed by atoms with E-state index in [9.17, 15) is 4.79 Å². The highest BCUT2D eigenvalue weighted by atomic mass is 16.1. The van der Waals surface area contributed by atoms with Gasteiger partial charge in [0.2, 0.25) is 0 Å². The van der Waals surface area contributed by atoms with Gasteiger partial charge in [0.15, 0.2) is 11.5 Å². The van der Waals surface area contributed by atoms with Gasteiger partial charge in [-0.15, -0.1) is 10.2 Å². The smallest absolute Gasteiger partial charge is 0.272 e. The fourth-order valence-corrected chi connectivity index (χ4v) is 3.19. The molecule has 6 heteroatoms. The largest absolute Gasteiger partial charge is 0.355 e. The summed E-state index contributed by atoms with van der Waals surface area (Å²) in [4.78, 5) is 16.9. The van der Waals surface area contributed by atoms with E-state index in [0.29, 0.717) is 12.2 Å². The predicted molar refractivity (Wildman–Crippen MR) is 101 cm³/mol. The van der Waals surface area contributed by atoms with Crippen LogP contribution in [-0.2, 0) is 0 Å². The van der Waals surface area contributed by atoms with E-state index in [1.165, 1.54) is 12.8 Å². The summed E-state index contributed by atoms with van der Waals surface area (Å²) in [5.74, 6) is 1.49. The van der Waals surface area contributed by atoms with Crippen LogP contribution in [0.4, 0.5) is 5.82 Å². The topological polar surface area (TPSA) is 61.4 Å². The number of fused-ring (bicyclic) bond motifs is 1. The van der Waals surface area contributed by atoms with Gasteiger partial charge in [-0.25, -0.2) is 0 Å². The SMILES string of the molecule is CC1CCN(c2nnc(C(=O)NCCN(C)C)c3ccccc23)CC1. The summed E-state index contributed by atoms with van der Waals surface area (Å²) in [5.41, 5.74) is 0.406. The minimum Gasteiger partial charge on any atom is -0.355 e. The van der Waals surface area contributed by atoms with Crippen molar-refractivity contribution in [2.75, 3.05) is 45.2 Å². The maximum absolute atomic E-state index is 12.5. The van der Waals surface area contributed by atoms with Crippen molar-refractivity contribution < 1.29 is 4.79 Å². The maximum Gasteiger partial charge on any atom is 0.272 e. The first-order valence-corrected chi connectivity index (χ1v) is 8.99. The second kappa shape index (κ2) is 7.78. The van der Waals surface area contributed by atoms with Crippen molar-refractivity contribution >= 4 is 22.5 Å². The van der Waals surface area contributed by atoms with Crippen molar-refractivity contribution in [2.45, 2.75) is 19.8 Å². The predicted octanol–water partition coefficient (Wildman–Crippen LogP) is 2.16. The lowest BCUT2D eigenvalue weighted by Gasteiger charge is -2.31. The molecule has 1 aromatic heterocycles. The van der Waals surface area contributed by atoms with Gasteiger partial charge < -0.3 is 15.1 Å². The van der Waals surface area contributed by atoms with Crippen molar-refractivity contribution in [3.8, 4) is 0 Å². The Balaban J connectivity index is 1.87. The fraction of sp³-hybridized carbons (Fsp3) is 0.526. The second-order valence-electron chi connectivity index (χ2n) is 7.15. The summed E-state index contributed by atoms with van der Waals surface area (Å²) in [6, 6.07) is 7.94. The van der Waals surface area contributed by atoms with E-state index in [1.54, 1.807) is 0 Å². The molecule has 2 aromatic rings. The third kappa shape index (κ3) is 4.07. The first-order chi connectivity index (χ1) is 12.1. The first kappa shape index (κ1) is 17.6.